The van der Waals surface area contributed by atoms with E-state index in [0.29, 0.717) is 0 Å². The van der Waals surface area contributed by atoms with Crippen LogP contribution in [0.3, 0.4) is 0 Å². The first-order valence-electron chi connectivity index (χ1n) is 9.40. The number of Topliss-reactive ketones (excluding diaryl/α,β-unsaturated/α-hetero) is 1. The van der Waals surface area contributed by atoms with E-state index in [1.54, 1.807) is 26.0 Å². The molecule has 9 nitrogen and oxygen atoms in total. The smallest absolute Gasteiger partial charge is 0.335 e. The Morgan fingerprint density at radius 2 is 1.72 bits per heavy atom. The average molecular weight is 412 g/mol. The van der Waals surface area contributed by atoms with Crippen molar-refractivity contribution in [3.63, 3.8) is 0 Å². The zero-order chi connectivity index (χ0) is 21.9. The maximum absolute atomic E-state index is 12.7. The highest BCUT2D eigenvalue weighted by molar-refractivity contribution is 6.00. The lowest BCUT2D eigenvalue weighted by Gasteiger charge is -2.38. The largest absolute Gasteiger partial charge is 0.479 e. The van der Waals surface area contributed by atoms with Crippen LogP contribution in [0, 0.1) is 5.92 Å². The molecular weight excluding hydrogens is 384 g/mol. The second kappa shape index (κ2) is 9.64. The van der Waals surface area contributed by atoms with Crippen LogP contribution in [0.1, 0.15) is 43.6 Å². The predicted octanol–water partition coefficient (Wildman–Crippen LogP) is 0.721. The molecule has 1 aromatic rings. The van der Waals surface area contributed by atoms with Gasteiger partial charge in [-0.1, -0.05) is 19.9 Å². The van der Waals surface area contributed by atoms with Crippen molar-refractivity contribution in [2.45, 2.75) is 71.1 Å². The summed E-state index contributed by atoms with van der Waals surface area (Å²) in [5, 5.41) is 39.0. The number of ketones is 1. The third-order valence-corrected chi connectivity index (χ3v) is 4.47. The van der Waals surface area contributed by atoms with Crippen LogP contribution in [0.2, 0.25) is 0 Å². The van der Waals surface area contributed by atoms with E-state index in [1.807, 2.05) is 13.8 Å². The molecule has 1 aliphatic rings. The summed E-state index contributed by atoms with van der Waals surface area (Å²) in [4.78, 5) is 23.9. The Bertz CT molecular complexity index is 731. The van der Waals surface area contributed by atoms with Crippen molar-refractivity contribution in [1.82, 2.24) is 0 Å². The number of hydrogen-bond donors (Lipinski definition) is 4. The van der Waals surface area contributed by atoms with Gasteiger partial charge in [0, 0.05) is 5.92 Å². The summed E-state index contributed by atoms with van der Waals surface area (Å²) in [6, 6.07) is 4.77. The summed E-state index contributed by atoms with van der Waals surface area (Å²) in [5.74, 6) is -2.03. The summed E-state index contributed by atoms with van der Waals surface area (Å²) in [5.41, 5.74) is 0.951. The van der Waals surface area contributed by atoms with Gasteiger partial charge in [0.2, 0.25) is 6.29 Å². The molecule has 0 aliphatic carbocycles. The Morgan fingerprint density at radius 3 is 2.28 bits per heavy atom. The van der Waals surface area contributed by atoms with E-state index in [1.165, 1.54) is 6.07 Å². The Balaban J connectivity index is 2.32. The summed E-state index contributed by atoms with van der Waals surface area (Å²) in [6.45, 7) is 7.49. The van der Waals surface area contributed by atoms with E-state index < -0.39 is 36.7 Å². The van der Waals surface area contributed by atoms with Crippen molar-refractivity contribution in [3.05, 3.63) is 29.3 Å². The van der Waals surface area contributed by atoms with E-state index in [2.05, 4.69) is 0 Å². The van der Waals surface area contributed by atoms with Crippen LogP contribution < -0.4 is 4.74 Å². The molecule has 2 rings (SSSR count). The van der Waals surface area contributed by atoms with Gasteiger partial charge in [0.25, 0.3) is 0 Å². The summed E-state index contributed by atoms with van der Waals surface area (Å²) < 4.78 is 16.3. The van der Waals surface area contributed by atoms with Gasteiger partial charge in [-0.3, -0.25) is 4.79 Å². The molecule has 29 heavy (non-hydrogen) atoms. The molecule has 0 aromatic heterocycles. The van der Waals surface area contributed by atoms with Gasteiger partial charge in [-0.15, -0.1) is 0 Å². The molecule has 0 spiro atoms. The zero-order valence-corrected chi connectivity index (χ0v) is 16.8. The van der Waals surface area contributed by atoms with Crippen LogP contribution >= 0.6 is 0 Å². The minimum atomic E-state index is -1.82. The fraction of sp³-hybridized carbons (Fsp3) is 0.600. The molecule has 1 unspecified atom stereocenters. The average Bonchev–Trinajstić information content (AvgIpc) is 2.66. The number of aliphatic hydroxyl groups is 3. The quantitative estimate of drug-likeness (QED) is 0.454. The van der Waals surface area contributed by atoms with Gasteiger partial charge in [0.1, 0.15) is 24.1 Å². The molecular formula is C20H28O9. The topological polar surface area (TPSA) is 143 Å². The number of carbonyl (C=O) groups excluding carboxylic acids is 1. The maximum atomic E-state index is 12.7. The van der Waals surface area contributed by atoms with Gasteiger partial charge < -0.3 is 34.6 Å². The van der Waals surface area contributed by atoms with Crippen molar-refractivity contribution in [2.75, 3.05) is 0 Å². The SMILES string of the molecule is CC(C)OCc1ccc(O[C@@H]2OC(C(=O)O)[C@@H](O)[C@H](O)[C@H]2O)c(C(=O)C(C)C)c1. The van der Waals surface area contributed by atoms with Crippen LogP contribution in [-0.2, 0) is 20.9 Å². The second-order valence-corrected chi connectivity index (χ2v) is 7.56. The molecule has 5 atom stereocenters. The second-order valence-electron chi connectivity index (χ2n) is 7.56. The monoisotopic (exact) mass is 412 g/mol. The summed E-state index contributed by atoms with van der Waals surface area (Å²) in [7, 11) is 0. The van der Waals surface area contributed by atoms with Crippen molar-refractivity contribution in [3.8, 4) is 5.75 Å². The molecule has 0 amide bonds. The van der Waals surface area contributed by atoms with Gasteiger partial charge in [0.15, 0.2) is 11.9 Å². The zero-order valence-electron chi connectivity index (χ0n) is 16.8. The van der Waals surface area contributed by atoms with Gasteiger partial charge in [-0.2, -0.15) is 0 Å². The summed E-state index contributed by atoms with van der Waals surface area (Å²) in [6.07, 6.45) is -8.71. The number of aliphatic carboxylic acids is 1. The highest BCUT2D eigenvalue weighted by Crippen LogP contribution is 2.29. The molecule has 1 aromatic carbocycles. The molecule has 162 valence electrons. The lowest BCUT2D eigenvalue weighted by molar-refractivity contribution is -0.271. The van der Waals surface area contributed by atoms with Crippen LogP contribution in [0.4, 0.5) is 0 Å². The van der Waals surface area contributed by atoms with Crippen molar-refractivity contribution >= 4 is 11.8 Å². The highest BCUT2D eigenvalue weighted by atomic mass is 16.7. The fourth-order valence-electron chi connectivity index (χ4n) is 2.81. The third-order valence-electron chi connectivity index (χ3n) is 4.47. The number of carboxylic acids is 1. The Hall–Kier alpha value is -2.04. The predicted molar refractivity (Wildman–Crippen MR) is 100 cm³/mol. The number of rotatable bonds is 8. The third kappa shape index (κ3) is 5.52. The van der Waals surface area contributed by atoms with E-state index >= 15 is 0 Å². The minimum absolute atomic E-state index is 0.00169. The van der Waals surface area contributed by atoms with Crippen LogP contribution in [0.25, 0.3) is 0 Å². The van der Waals surface area contributed by atoms with Crippen LogP contribution in [-0.4, -0.2) is 69.0 Å². The first kappa shape index (κ1) is 23.2. The normalized spacial score (nSPS) is 27.3. The lowest BCUT2D eigenvalue weighted by Crippen LogP contribution is -2.61. The number of carbonyl (C=O) groups is 2. The highest BCUT2D eigenvalue weighted by Gasteiger charge is 2.48. The van der Waals surface area contributed by atoms with Crippen molar-refractivity contribution in [2.24, 2.45) is 5.92 Å². The molecule has 1 fully saturated rings. The minimum Gasteiger partial charge on any atom is -0.479 e. The number of carboxylic acid groups (broad SMARTS) is 1. The number of hydrogen-bond acceptors (Lipinski definition) is 8. The molecule has 4 N–H and O–H groups in total. The number of aliphatic hydroxyl groups excluding tert-OH is 3. The van der Waals surface area contributed by atoms with Crippen molar-refractivity contribution in [1.29, 1.82) is 0 Å². The van der Waals surface area contributed by atoms with Gasteiger partial charge in [-0.05, 0) is 31.5 Å². The Kier molecular flexibility index (Phi) is 7.73. The number of benzene rings is 1. The van der Waals surface area contributed by atoms with E-state index in [9.17, 15) is 24.9 Å². The standard InChI is InChI=1S/C20H28O9/c1-9(2)14(21)12-7-11(8-27-10(3)4)5-6-13(12)28-20-17(24)15(22)16(23)18(29-20)19(25)26/h5-7,9-10,15-18,20,22-24H,8H2,1-4H3,(H,25,26)/t15-,16-,17+,18?,20+/m0/s1. The van der Waals surface area contributed by atoms with Crippen LogP contribution in [0.15, 0.2) is 18.2 Å². The number of ether oxygens (including phenoxy) is 3. The Morgan fingerprint density at radius 1 is 1.07 bits per heavy atom. The van der Waals surface area contributed by atoms with Gasteiger partial charge in [0.05, 0.1) is 18.3 Å². The van der Waals surface area contributed by atoms with E-state index in [-0.39, 0.29) is 35.7 Å². The first-order chi connectivity index (χ1) is 13.5. The van der Waals surface area contributed by atoms with E-state index in [4.69, 9.17) is 19.3 Å². The summed E-state index contributed by atoms with van der Waals surface area (Å²) >= 11 is 0. The molecule has 1 saturated heterocycles. The van der Waals surface area contributed by atoms with Crippen LogP contribution in [0.5, 0.6) is 5.75 Å². The first-order valence-corrected chi connectivity index (χ1v) is 9.40. The molecule has 9 heteroatoms. The molecule has 0 bridgehead atoms. The molecule has 1 heterocycles. The van der Waals surface area contributed by atoms with E-state index in [0.717, 1.165) is 5.56 Å². The molecule has 0 saturated carbocycles. The fourth-order valence-corrected chi connectivity index (χ4v) is 2.81. The molecule has 0 radical (unpaired) electrons. The Labute approximate surface area is 168 Å². The van der Waals surface area contributed by atoms with Gasteiger partial charge in [-0.25, -0.2) is 4.79 Å². The molecule has 1 aliphatic heterocycles. The lowest BCUT2D eigenvalue weighted by atomic mass is 9.97. The maximum Gasteiger partial charge on any atom is 0.335 e. The van der Waals surface area contributed by atoms with Crippen molar-refractivity contribution < 1.29 is 44.2 Å². The van der Waals surface area contributed by atoms with Gasteiger partial charge >= 0.3 is 5.97 Å².